The molecule has 0 bridgehead atoms. The molecule has 0 aliphatic rings. The predicted molar refractivity (Wildman–Crippen MR) is 77.0 cm³/mol. The van der Waals surface area contributed by atoms with Crippen LogP contribution >= 0.6 is 0 Å². The number of rotatable bonds is 7. The Kier molecular flexibility index (Phi) is 6.47. The molecule has 4 heteroatoms. The van der Waals surface area contributed by atoms with E-state index in [1.807, 2.05) is 0 Å². The van der Waals surface area contributed by atoms with E-state index < -0.39 is 16.6 Å². The molecule has 0 saturated heterocycles. The fourth-order valence-electron chi connectivity index (χ4n) is 1.74. The molecule has 0 amide bonds. The maximum atomic E-state index is 6.08. The monoisotopic (exact) mass is 262 g/mol. The highest BCUT2D eigenvalue weighted by Crippen LogP contribution is 2.24. The van der Waals surface area contributed by atoms with E-state index in [1.54, 1.807) is 0 Å². The molecule has 0 spiro atoms. The van der Waals surface area contributed by atoms with Gasteiger partial charge in [0.05, 0.1) is 0 Å². The van der Waals surface area contributed by atoms with Gasteiger partial charge in [0.2, 0.25) is 0 Å². The van der Waals surface area contributed by atoms with Gasteiger partial charge in [0, 0.05) is 20.3 Å². The molecule has 0 N–H and O–H groups in total. The van der Waals surface area contributed by atoms with Crippen molar-refractivity contribution >= 4 is 16.6 Å². The third-order valence-electron chi connectivity index (χ3n) is 2.30. The summed E-state index contributed by atoms with van der Waals surface area (Å²) < 4.78 is 12.2. The van der Waals surface area contributed by atoms with E-state index in [4.69, 9.17) is 8.85 Å². The van der Waals surface area contributed by atoms with Crippen LogP contribution in [0.1, 0.15) is 27.7 Å². The van der Waals surface area contributed by atoms with Crippen molar-refractivity contribution in [2.45, 2.75) is 78.2 Å². The molecule has 0 fully saturated rings. The first-order valence-electron chi connectivity index (χ1n) is 6.40. The molecule has 0 aromatic heterocycles. The Morgan fingerprint density at radius 3 is 1.38 bits per heavy atom. The van der Waals surface area contributed by atoms with E-state index in [0.717, 1.165) is 6.04 Å². The predicted octanol–water partition coefficient (Wildman–Crippen LogP) is 4.25. The van der Waals surface area contributed by atoms with E-state index >= 15 is 0 Å². The van der Waals surface area contributed by atoms with Crippen LogP contribution in [0.2, 0.25) is 38.3 Å². The highest BCUT2D eigenvalue weighted by molar-refractivity contribution is 6.78. The van der Waals surface area contributed by atoms with Gasteiger partial charge in [0.25, 0.3) is 0 Å². The van der Waals surface area contributed by atoms with Crippen LogP contribution < -0.4 is 0 Å². The molecule has 98 valence electrons. The Hall–Kier alpha value is 0.354. The summed E-state index contributed by atoms with van der Waals surface area (Å²) in [5.41, 5.74) is 0. The summed E-state index contributed by atoms with van der Waals surface area (Å²) in [7, 11) is -2.95. The van der Waals surface area contributed by atoms with Crippen LogP contribution in [0.3, 0.4) is 0 Å². The number of hydrogen-bond acceptors (Lipinski definition) is 2. The van der Waals surface area contributed by atoms with Crippen LogP contribution in [0.5, 0.6) is 0 Å². The summed E-state index contributed by atoms with van der Waals surface area (Å²) >= 11 is 0. The molecule has 0 unspecified atom stereocenters. The zero-order valence-corrected chi connectivity index (χ0v) is 14.4. The summed E-state index contributed by atoms with van der Waals surface area (Å²) in [6, 6.07) is 2.44. The smallest absolute Gasteiger partial charge is 0.335 e. The van der Waals surface area contributed by atoms with E-state index in [2.05, 4.69) is 53.9 Å². The first kappa shape index (κ1) is 16.4. The lowest BCUT2D eigenvalue weighted by molar-refractivity contribution is 0.110. The standard InChI is InChI=1S/C12H30O2Si2/c1-11(2)13-16(8,14-12(3)4)10-9-15(5,6)7/h11-12H,9-10H2,1-8H3. The lowest BCUT2D eigenvalue weighted by atomic mass is 10.5. The van der Waals surface area contributed by atoms with Gasteiger partial charge in [-0.3, -0.25) is 0 Å². The van der Waals surface area contributed by atoms with Crippen molar-refractivity contribution < 1.29 is 8.85 Å². The fourth-order valence-corrected chi connectivity index (χ4v) is 8.85. The molecule has 2 nitrogen and oxygen atoms in total. The minimum atomic E-state index is -1.95. The maximum Gasteiger partial charge on any atom is 0.335 e. The largest absolute Gasteiger partial charge is 0.392 e. The molecule has 0 aromatic carbocycles. The molecular weight excluding hydrogens is 232 g/mol. The molecule has 0 aliphatic carbocycles. The summed E-state index contributed by atoms with van der Waals surface area (Å²) in [5, 5.41) is 0. The molecule has 16 heavy (non-hydrogen) atoms. The van der Waals surface area contributed by atoms with E-state index in [-0.39, 0.29) is 12.2 Å². The van der Waals surface area contributed by atoms with Gasteiger partial charge in [-0.15, -0.1) is 0 Å². The first-order chi connectivity index (χ1) is 7.04. The fraction of sp³-hybridized carbons (Fsp3) is 1.00. The van der Waals surface area contributed by atoms with E-state index in [0.29, 0.717) is 0 Å². The Balaban J connectivity index is 4.41. The summed E-state index contributed by atoms with van der Waals surface area (Å²) in [6.07, 6.45) is 0.550. The van der Waals surface area contributed by atoms with Crippen molar-refractivity contribution in [1.29, 1.82) is 0 Å². The molecule has 0 heterocycles. The molecule has 0 atom stereocenters. The van der Waals surface area contributed by atoms with Crippen LogP contribution in [0.4, 0.5) is 0 Å². The third kappa shape index (κ3) is 8.50. The van der Waals surface area contributed by atoms with Crippen molar-refractivity contribution in [3.63, 3.8) is 0 Å². The summed E-state index contributed by atoms with van der Waals surface area (Å²) in [6.45, 7) is 17.8. The van der Waals surface area contributed by atoms with Crippen molar-refractivity contribution in [1.82, 2.24) is 0 Å². The van der Waals surface area contributed by atoms with Crippen LogP contribution in [0, 0.1) is 0 Å². The zero-order chi connectivity index (χ0) is 13.0. The van der Waals surface area contributed by atoms with Crippen molar-refractivity contribution in [2.24, 2.45) is 0 Å². The van der Waals surface area contributed by atoms with E-state index in [9.17, 15) is 0 Å². The Labute approximate surface area is 104 Å². The van der Waals surface area contributed by atoms with Gasteiger partial charge in [0.15, 0.2) is 0 Å². The Morgan fingerprint density at radius 1 is 0.750 bits per heavy atom. The summed E-state index contributed by atoms with van der Waals surface area (Å²) in [5.74, 6) is 0. The SMILES string of the molecule is CC(C)O[Si](C)(CC[Si](C)(C)C)OC(C)C. The molecule has 0 radical (unpaired) electrons. The Bertz CT molecular complexity index is 188. The number of hydrogen-bond donors (Lipinski definition) is 0. The van der Waals surface area contributed by atoms with Crippen LogP contribution in [0.25, 0.3) is 0 Å². The lowest BCUT2D eigenvalue weighted by Gasteiger charge is -2.32. The highest BCUT2D eigenvalue weighted by atomic mass is 28.4. The molecule has 0 aromatic rings. The van der Waals surface area contributed by atoms with Crippen LogP contribution in [0.15, 0.2) is 0 Å². The van der Waals surface area contributed by atoms with E-state index in [1.165, 1.54) is 6.04 Å². The molecule has 0 rings (SSSR count). The second kappa shape index (κ2) is 6.33. The Morgan fingerprint density at radius 2 is 1.12 bits per heavy atom. The zero-order valence-electron chi connectivity index (χ0n) is 12.4. The first-order valence-corrected chi connectivity index (χ1v) is 12.6. The van der Waals surface area contributed by atoms with Crippen molar-refractivity contribution in [2.75, 3.05) is 0 Å². The maximum absolute atomic E-state index is 6.08. The van der Waals surface area contributed by atoms with Gasteiger partial charge in [-0.2, -0.15) is 0 Å². The minimum Gasteiger partial charge on any atom is -0.392 e. The average molecular weight is 263 g/mol. The average Bonchev–Trinajstić information content (AvgIpc) is 1.96. The minimum absolute atomic E-state index is 0.275. The van der Waals surface area contributed by atoms with Crippen LogP contribution in [-0.4, -0.2) is 28.8 Å². The molecule has 0 saturated carbocycles. The van der Waals surface area contributed by atoms with Gasteiger partial charge in [-0.25, -0.2) is 0 Å². The second-order valence-corrected chi connectivity index (χ2v) is 15.4. The van der Waals surface area contributed by atoms with Gasteiger partial charge in [-0.05, 0) is 40.3 Å². The normalized spacial score (nSPS) is 13.9. The van der Waals surface area contributed by atoms with Crippen LogP contribution in [-0.2, 0) is 8.85 Å². The van der Waals surface area contributed by atoms with Gasteiger partial charge in [0.1, 0.15) is 0 Å². The molecular formula is C12H30O2Si2. The highest BCUT2D eigenvalue weighted by Gasteiger charge is 2.35. The van der Waals surface area contributed by atoms with Gasteiger partial charge < -0.3 is 8.85 Å². The lowest BCUT2D eigenvalue weighted by Crippen LogP contribution is -2.44. The molecule has 0 aliphatic heterocycles. The third-order valence-corrected chi connectivity index (χ3v) is 7.65. The quantitative estimate of drug-likeness (QED) is 0.639. The van der Waals surface area contributed by atoms with Crippen molar-refractivity contribution in [3.05, 3.63) is 0 Å². The summed E-state index contributed by atoms with van der Waals surface area (Å²) in [4.78, 5) is 0. The van der Waals surface area contributed by atoms with Crippen molar-refractivity contribution in [3.8, 4) is 0 Å². The second-order valence-electron chi connectivity index (χ2n) is 6.53. The van der Waals surface area contributed by atoms with Gasteiger partial charge >= 0.3 is 8.56 Å². The topological polar surface area (TPSA) is 18.5 Å². The van der Waals surface area contributed by atoms with Gasteiger partial charge in [-0.1, -0.05) is 25.7 Å².